The molecular weight excluding hydrogens is 328 g/mol. The van der Waals surface area contributed by atoms with Crippen LogP contribution in [0.2, 0.25) is 0 Å². The van der Waals surface area contributed by atoms with Crippen molar-refractivity contribution in [3.63, 3.8) is 0 Å². The first-order chi connectivity index (χ1) is 12.8. The molecule has 0 bridgehead atoms. The van der Waals surface area contributed by atoms with Gasteiger partial charge in [0.15, 0.2) is 0 Å². The summed E-state index contributed by atoms with van der Waals surface area (Å²) in [5.74, 6) is 0.345. The second kappa shape index (κ2) is 6.39. The average Bonchev–Trinajstić information content (AvgIpc) is 3.28. The lowest BCUT2D eigenvalue weighted by Gasteiger charge is -2.37. The van der Waals surface area contributed by atoms with Crippen LogP contribution in [0.4, 0.5) is 0 Å². The summed E-state index contributed by atoms with van der Waals surface area (Å²) in [4.78, 5) is 19.0. The van der Waals surface area contributed by atoms with Crippen LogP contribution in [0.1, 0.15) is 47.3 Å². The molecule has 2 heterocycles. The predicted octanol–water partition coefficient (Wildman–Crippen LogP) is 2.66. The number of aliphatic hydroxyl groups is 1. The second-order valence-corrected chi connectivity index (χ2v) is 8.01. The highest BCUT2D eigenvalue weighted by Crippen LogP contribution is 2.36. The summed E-state index contributed by atoms with van der Waals surface area (Å²) >= 11 is 0. The average molecular weight is 354 g/mol. The van der Waals surface area contributed by atoms with Gasteiger partial charge in [-0.15, -0.1) is 0 Å². The standard InChI is InChI=1S/C21H26N2O3/c24-12-13-10-18-19(11-13)26-9-8-23(18)21(25)16-6-3-5-15-14-4-1-2-7-17(14)22-20(15)16/h3,5-6,13,18-19,22,24H,1-2,4,7-12H2/t13-,18+,19+/m1/s1. The topological polar surface area (TPSA) is 65.6 Å². The summed E-state index contributed by atoms with van der Waals surface area (Å²) in [5, 5.41) is 10.7. The Hall–Kier alpha value is -1.85. The van der Waals surface area contributed by atoms with E-state index in [1.165, 1.54) is 29.5 Å². The minimum Gasteiger partial charge on any atom is -0.396 e. The van der Waals surface area contributed by atoms with Gasteiger partial charge in [0.2, 0.25) is 0 Å². The van der Waals surface area contributed by atoms with Crippen LogP contribution in [0, 0.1) is 5.92 Å². The number of H-pyrrole nitrogens is 1. The molecule has 5 rings (SSSR count). The summed E-state index contributed by atoms with van der Waals surface area (Å²) in [6, 6.07) is 6.21. The molecule has 3 aliphatic rings. The molecule has 0 unspecified atom stereocenters. The van der Waals surface area contributed by atoms with E-state index in [1.54, 1.807) is 0 Å². The smallest absolute Gasteiger partial charge is 0.256 e. The molecular formula is C21H26N2O3. The number of carbonyl (C=O) groups excluding carboxylic acids is 1. The maximum Gasteiger partial charge on any atom is 0.256 e. The van der Waals surface area contributed by atoms with Crippen LogP contribution in [-0.2, 0) is 17.6 Å². The fourth-order valence-electron chi connectivity index (χ4n) is 5.21. The minimum absolute atomic E-state index is 0.0703. The Morgan fingerprint density at radius 3 is 3.04 bits per heavy atom. The van der Waals surface area contributed by atoms with Gasteiger partial charge in [0, 0.05) is 24.2 Å². The van der Waals surface area contributed by atoms with Gasteiger partial charge in [-0.2, -0.15) is 0 Å². The number of rotatable bonds is 2. The number of nitrogens with one attached hydrogen (secondary N) is 1. The Morgan fingerprint density at radius 1 is 1.27 bits per heavy atom. The highest BCUT2D eigenvalue weighted by molar-refractivity contribution is 6.07. The largest absolute Gasteiger partial charge is 0.396 e. The number of hydrogen-bond donors (Lipinski definition) is 2. The van der Waals surface area contributed by atoms with E-state index in [4.69, 9.17) is 4.74 Å². The lowest BCUT2D eigenvalue weighted by molar-refractivity contribution is -0.0448. The number of morpholine rings is 1. The molecule has 2 N–H and O–H groups in total. The molecule has 2 fully saturated rings. The second-order valence-electron chi connectivity index (χ2n) is 8.01. The molecule has 1 aliphatic heterocycles. The van der Waals surface area contributed by atoms with E-state index in [0.717, 1.165) is 36.8 Å². The quantitative estimate of drug-likeness (QED) is 0.871. The number of carbonyl (C=O) groups is 1. The van der Waals surface area contributed by atoms with E-state index in [2.05, 4.69) is 11.1 Å². The first-order valence-electron chi connectivity index (χ1n) is 9.92. The van der Waals surface area contributed by atoms with Crippen molar-refractivity contribution in [3.05, 3.63) is 35.0 Å². The third kappa shape index (κ3) is 2.48. The monoisotopic (exact) mass is 354 g/mol. The summed E-state index contributed by atoms with van der Waals surface area (Å²) in [6.45, 7) is 1.40. The van der Waals surface area contributed by atoms with Crippen LogP contribution < -0.4 is 0 Å². The van der Waals surface area contributed by atoms with Crippen molar-refractivity contribution in [1.29, 1.82) is 0 Å². The van der Waals surface area contributed by atoms with Crippen LogP contribution in [0.25, 0.3) is 10.9 Å². The van der Waals surface area contributed by atoms with Gasteiger partial charge in [0.1, 0.15) is 0 Å². The number of aromatic amines is 1. The first-order valence-corrected chi connectivity index (χ1v) is 9.92. The number of ether oxygens (including phenoxy) is 1. The third-order valence-corrected chi connectivity index (χ3v) is 6.52. The van der Waals surface area contributed by atoms with Crippen LogP contribution >= 0.6 is 0 Å². The summed E-state index contributed by atoms with van der Waals surface area (Å²) in [6.07, 6.45) is 6.40. The number of nitrogens with zero attached hydrogens (tertiary/aromatic N) is 1. The molecule has 1 saturated heterocycles. The predicted molar refractivity (Wildman–Crippen MR) is 99.3 cm³/mol. The number of hydrogen-bond acceptors (Lipinski definition) is 3. The Bertz CT molecular complexity index is 843. The molecule has 2 aliphatic carbocycles. The molecule has 2 aromatic rings. The number of aryl methyl sites for hydroxylation is 2. The molecule has 0 spiro atoms. The third-order valence-electron chi connectivity index (χ3n) is 6.52. The van der Waals surface area contributed by atoms with Gasteiger partial charge in [-0.3, -0.25) is 4.79 Å². The maximum absolute atomic E-state index is 13.5. The van der Waals surface area contributed by atoms with Gasteiger partial charge in [-0.1, -0.05) is 12.1 Å². The molecule has 5 heteroatoms. The van der Waals surface area contributed by atoms with Gasteiger partial charge in [-0.25, -0.2) is 0 Å². The van der Waals surface area contributed by atoms with E-state index in [9.17, 15) is 9.90 Å². The lowest BCUT2D eigenvalue weighted by atomic mass is 9.95. The van der Waals surface area contributed by atoms with Gasteiger partial charge in [-0.05, 0) is 56.1 Å². The van der Waals surface area contributed by atoms with E-state index in [0.29, 0.717) is 13.2 Å². The summed E-state index contributed by atoms with van der Waals surface area (Å²) < 4.78 is 5.89. The van der Waals surface area contributed by atoms with Crippen LogP contribution in [-0.4, -0.2) is 52.8 Å². The van der Waals surface area contributed by atoms with E-state index >= 15 is 0 Å². The molecule has 1 aromatic heterocycles. The Labute approximate surface area is 153 Å². The molecule has 1 saturated carbocycles. The van der Waals surface area contributed by atoms with Crippen LogP contribution in [0.3, 0.4) is 0 Å². The highest BCUT2D eigenvalue weighted by atomic mass is 16.5. The van der Waals surface area contributed by atoms with Crippen molar-refractivity contribution < 1.29 is 14.6 Å². The van der Waals surface area contributed by atoms with Crippen molar-refractivity contribution in [1.82, 2.24) is 9.88 Å². The minimum atomic E-state index is 0.0703. The molecule has 5 nitrogen and oxygen atoms in total. The molecule has 138 valence electrons. The van der Waals surface area contributed by atoms with Gasteiger partial charge in [0.25, 0.3) is 5.91 Å². The number of benzene rings is 1. The Balaban J connectivity index is 1.51. The number of amides is 1. The lowest BCUT2D eigenvalue weighted by Crippen LogP contribution is -2.51. The van der Waals surface area contributed by atoms with E-state index in [-0.39, 0.29) is 30.6 Å². The van der Waals surface area contributed by atoms with Crippen LogP contribution in [0.15, 0.2) is 18.2 Å². The van der Waals surface area contributed by atoms with Gasteiger partial charge < -0.3 is 19.7 Å². The number of aromatic nitrogens is 1. The fourth-order valence-corrected chi connectivity index (χ4v) is 5.21. The number of fused-ring (bicyclic) bond motifs is 4. The number of aliphatic hydroxyl groups excluding tert-OH is 1. The fraction of sp³-hybridized carbons (Fsp3) is 0.571. The first kappa shape index (κ1) is 16.3. The number of para-hydroxylation sites is 1. The van der Waals surface area contributed by atoms with Gasteiger partial charge in [0.05, 0.1) is 29.8 Å². The summed E-state index contributed by atoms with van der Waals surface area (Å²) in [7, 11) is 0. The molecule has 26 heavy (non-hydrogen) atoms. The Kier molecular flexibility index (Phi) is 4.02. The normalized spacial score (nSPS) is 28.2. The SMILES string of the molecule is O=C(c1cccc2c3c([nH]c12)CCCC3)N1CCO[C@H]2C[C@H](CO)C[C@@H]21. The van der Waals surface area contributed by atoms with Crippen molar-refractivity contribution in [2.75, 3.05) is 19.8 Å². The Morgan fingerprint density at radius 2 is 2.15 bits per heavy atom. The van der Waals surface area contributed by atoms with Crippen LogP contribution in [0.5, 0.6) is 0 Å². The van der Waals surface area contributed by atoms with Crippen molar-refractivity contribution in [3.8, 4) is 0 Å². The molecule has 1 aromatic carbocycles. The van der Waals surface area contributed by atoms with Crippen molar-refractivity contribution in [2.24, 2.45) is 5.92 Å². The van der Waals surface area contributed by atoms with Crippen molar-refractivity contribution >= 4 is 16.8 Å². The summed E-state index contributed by atoms with van der Waals surface area (Å²) in [5.41, 5.74) is 4.50. The maximum atomic E-state index is 13.5. The highest BCUT2D eigenvalue weighted by Gasteiger charge is 2.43. The molecule has 1 amide bonds. The zero-order valence-electron chi connectivity index (χ0n) is 15.0. The molecule has 0 radical (unpaired) electrons. The molecule has 3 atom stereocenters. The zero-order valence-corrected chi connectivity index (χ0v) is 15.0. The van der Waals surface area contributed by atoms with E-state index < -0.39 is 0 Å². The van der Waals surface area contributed by atoms with Crippen molar-refractivity contribution in [2.45, 2.75) is 50.7 Å². The van der Waals surface area contributed by atoms with Gasteiger partial charge >= 0.3 is 0 Å². The van der Waals surface area contributed by atoms with E-state index in [1.807, 2.05) is 17.0 Å². The zero-order chi connectivity index (χ0) is 17.7.